The van der Waals surface area contributed by atoms with E-state index in [-0.39, 0.29) is 0 Å². The van der Waals surface area contributed by atoms with E-state index in [0.717, 1.165) is 23.9 Å². The SMILES string of the molecule is CCNC(Cc1ccccc1)Cc1cncc(Br)c1. The van der Waals surface area contributed by atoms with Crippen molar-refractivity contribution in [3.8, 4) is 0 Å². The average Bonchev–Trinajstić information content (AvgIpc) is 2.40. The van der Waals surface area contributed by atoms with Gasteiger partial charge in [-0.3, -0.25) is 4.98 Å². The van der Waals surface area contributed by atoms with Gasteiger partial charge >= 0.3 is 0 Å². The van der Waals surface area contributed by atoms with Crippen LogP contribution in [-0.2, 0) is 12.8 Å². The van der Waals surface area contributed by atoms with Gasteiger partial charge in [-0.15, -0.1) is 0 Å². The number of nitrogens with one attached hydrogen (secondary N) is 1. The van der Waals surface area contributed by atoms with Crippen molar-refractivity contribution >= 4 is 15.9 Å². The first-order valence-corrected chi connectivity index (χ1v) is 7.44. The van der Waals surface area contributed by atoms with Crippen LogP contribution in [0.1, 0.15) is 18.1 Å². The molecule has 0 aliphatic heterocycles. The van der Waals surface area contributed by atoms with Crippen molar-refractivity contribution in [2.75, 3.05) is 6.54 Å². The molecule has 0 bridgehead atoms. The molecular weight excluding hydrogens is 300 g/mol. The zero-order chi connectivity index (χ0) is 13.5. The van der Waals surface area contributed by atoms with Gasteiger partial charge in [-0.05, 0) is 52.5 Å². The molecule has 0 fully saturated rings. The Hall–Kier alpha value is -1.19. The highest BCUT2D eigenvalue weighted by Crippen LogP contribution is 2.13. The Labute approximate surface area is 123 Å². The molecule has 0 saturated heterocycles. The minimum Gasteiger partial charge on any atom is -0.314 e. The smallest absolute Gasteiger partial charge is 0.0410 e. The highest BCUT2D eigenvalue weighted by molar-refractivity contribution is 9.10. The van der Waals surface area contributed by atoms with E-state index in [1.807, 2.05) is 12.4 Å². The number of benzene rings is 1. The molecule has 100 valence electrons. The van der Waals surface area contributed by atoms with Gasteiger partial charge < -0.3 is 5.32 Å². The quantitative estimate of drug-likeness (QED) is 0.880. The maximum absolute atomic E-state index is 4.23. The van der Waals surface area contributed by atoms with Crippen LogP contribution >= 0.6 is 15.9 Å². The number of likely N-dealkylation sites (N-methyl/N-ethyl adjacent to an activating group) is 1. The number of nitrogens with zero attached hydrogens (tertiary/aromatic N) is 1. The van der Waals surface area contributed by atoms with Crippen LogP contribution in [0.5, 0.6) is 0 Å². The second kappa shape index (κ2) is 7.41. The molecule has 1 atom stereocenters. The van der Waals surface area contributed by atoms with Crippen molar-refractivity contribution in [2.45, 2.75) is 25.8 Å². The molecule has 0 amide bonds. The Morgan fingerprint density at radius 2 is 1.84 bits per heavy atom. The second-order valence-corrected chi connectivity index (χ2v) is 5.58. The van der Waals surface area contributed by atoms with E-state index < -0.39 is 0 Å². The van der Waals surface area contributed by atoms with Crippen LogP contribution in [0.15, 0.2) is 53.3 Å². The predicted molar refractivity (Wildman–Crippen MR) is 83.3 cm³/mol. The maximum atomic E-state index is 4.23. The summed E-state index contributed by atoms with van der Waals surface area (Å²) in [5, 5.41) is 3.56. The molecule has 1 heterocycles. The van der Waals surface area contributed by atoms with E-state index in [2.05, 4.69) is 69.6 Å². The van der Waals surface area contributed by atoms with Crippen LogP contribution in [0.3, 0.4) is 0 Å². The first kappa shape index (κ1) is 14.2. The van der Waals surface area contributed by atoms with Crippen LogP contribution in [0, 0.1) is 0 Å². The molecule has 19 heavy (non-hydrogen) atoms. The largest absolute Gasteiger partial charge is 0.314 e. The van der Waals surface area contributed by atoms with E-state index in [0.29, 0.717) is 6.04 Å². The molecule has 0 aliphatic carbocycles. The molecule has 1 unspecified atom stereocenters. The number of rotatable bonds is 6. The van der Waals surface area contributed by atoms with Gasteiger partial charge in [0.1, 0.15) is 0 Å². The molecule has 0 radical (unpaired) electrons. The zero-order valence-electron chi connectivity index (χ0n) is 11.1. The van der Waals surface area contributed by atoms with E-state index in [1.54, 1.807) is 0 Å². The number of hydrogen-bond acceptors (Lipinski definition) is 2. The monoisotopic (exact) mass is 318 g/mol. The van der Waals surface area contributed by atoms with Gasteiger partial charge in [0.25, 0.3) is 0 Å². The topological polar surface area (TPSA) is 24.9 Å². The molecule has 0 saturated carbocycles. The summed E-state index contributed by atoms with van der Waals surface area (Å²) in [6.45, 7) is 3.14. The number of pyridine rings is 1. The molecule has 1 aromatic carbocycles. The minimum absolute atomic E-state index is 0.448. The summed E-state index contributed by atoms with van der Waals surface area (Å²) >= 11 is 3.47. The number of hydrogen-bond donors (Lipinski definition) is 1. The lowest BCUT2D eigenvalue weighted by Gasteiger charge is -2.18. The van der Waals surface area contributed by atoms with E-state index >= 15 is 0 Å². The molecule has 0 spiro atoms. The Kier molecular flexibility index (Phi) is 5.55. The van der Waals surface area contributed by atoms with Crippen LogP contribution in [-0.4, -0.2) is 17.6 Å². The fraction of sp³-hybridized carbons (Fsp3) is 0.312. The van der Waals surface area contributed by atoms with Crippen LogP contribution in [0.25, 0.3) is 0 Å². The molecule has 2 nitrogen and oxygen atoms in total. The van der Waals surface area contributed by atoms with E-state index in [4.69, 9.17) is 0 Å². The van der Waals surface area contributed by atoms with Crippen molar-refractivity contribution < 1.29 is 0 Å². The first-order valence-electron chi connectivity index (χ1n) is 6.64. The summed E-state index contributed by atoms with van der Waals surface area (Å²) in [4.78, 5) is 4.23. The zero-order valence-corrected chi connectivity index (χ0v) is 12.7. The van der Waals surface area contributed by atoms with E-state index in [1.165, 1.54) is 11.1 Å². The average molecular weight is 319 g/mol. The molecular formula is C16H19BrN2. The molecule has 2 rings (SSSR count). The standard InChI is InChI=1S/C16H19BrN2/c1-2-19-16(9-13-6-4-3-5-7-13)10-14-8-15(17)12-18-11-14/h3-8,11-12,16,19H,2,9-10H2,1H3. The molecule has 0 aliphatic rings. The lowest BCUT2D eigenvalue weighted by Crippen LogP contribution is -2.33. The summed E-state index contributed by atoms with van der Waals surface area (Å²) in [7, 11) is 0. The first-order chi connectivity index (χ1) is 9.28. The maximum Gasteiger partial charge on any atom is 0.0410 e. The third-order valence-corrected chi connectivity index (χ3v) is 3.50. The van der Waals surface area contributed by atoms with Gasteiger partial charge in [-0.1, -0.05) is 37.3 Å². The van der Waals surface area contributed by atoms with Crippen molar-refractivity contribution in [2.24, 2.45) is 0 Å². The Balaban J connectivity index is 2.04. The van der Waals surface area contributed by atoms with Gasteiger partial charge in [-0.25, -0.2) is 0 Å². The van der Waals surface area contributed by atoms with Gasteiger partial charge in [-0.2, -0.15) is 0 Å². The Bertz CT molecular complexity index is 499. The van der Waals surface area contributed by atoms with Crippen molar-refractivity contribution in [1.82, 2.24) is 10.3 Å². The summed E-state index contributed by atoms with van der Waals surface area (Å²) < 4.78 is 1.04. The van der Waals surface area contributed by atoms with Crippen LogP contribution in [0.2, 0.25) is 0 Å². The van der Waals surface area contributed by atoms with Crippen molar-refractivity contribution in [3.63, 3.8) is 0 Å². The van der Waals surface area contributed by atoms with Gasteiger partial charge in [0, 0.05) is 22.9 Å². The summed E-state index contributed by atoms with van der Waals surface area (Å²) in [5.41, 5.74) is 2.63. The predicted octanol–water partition coefficient (Wildman–Crippen LogP) is 3.61. The Morgan fingerprint density at radius 3 is 2.53 bits per heavy atom. The number of halogens is 1. The Morgan fingerprint density at radius 1 is 1.11 bits per heavy atom. The van der Waals surface area contributed by atoms with Gasteiger partial charge in [0.05, 0.1) is 0 Å². The van der Waals surface area contributed by atoms with Crippen LogP contribution in [0.4, 0.5) is 0 Å². The second-order valence-electron chi connectivity index (χ2n) is 4.66. The minimum atomic E-state index is 0.448. The van der Waals surface area contributed by atoms with Gasteiger partial charge in [0.2, 0.25) is 0 Å². The molecule has 1 aromatic heterocycles. The lowest BCUT2D eigenvalue weighted by molar-refractivity contribution is 0.521. The van der Waals surface area contributed by atoms with Crippen molar-refractivity contribution in [1.29, 1.82) is 0 Å². The van der Waals surface area contributed by atoms with E-state index in [9.17, 15) is 0 Å². The highest BCUT2D eigenvalue weighted by atomic mass is 79.9. The number of aromatic nitrogens is 1. The molecule has 1 N–H and O–H groups in total. The summed E-state index contributed by atoms with van der Waals surface area (Å²) in [6.07, 6.45) is 5.80. The summed E-state index contributed by atoms with van der Waals surface area (Å²) in [5.74, 6) is 0. The van der Waals surface area contributed by atoms with Crippen LogP contribution < -0.4 is 5.32 Å². The third-order valence-electron chi connectivity index (χ3n) is 3.06. The third kappa shape index (κ3) is 4.77. The fourth-order valence-corrected chi connectivity index (χ4v) is 2.67. The molecule has 2 aromatic rings. The fourth-order valence-electron chi connectivity index (χ4n) is 2.26. The highest BCUT2D eigenvalue weighted by Gasteiger charge is 2.09. The lowest BCUT2D eigenvalue weighted by atomic mass is 10.00. The molecule has 3 heteroatoms. The van der Waals surface area contributed by atoms with Crippen molar-refractivity contribution in [3.05, 3.63) is 64.4 Å². The normalized spacial score (nSPS) is 12.3. The van der Waals surface area contributed by atoms with Gasteiger partial charge in [0.15, 0.2) is 0 Å². The summed E-state index contributed by atoms with van der Waals surface area (Å²) in [6, 6.07) is 13.2.